The number of carbonyl (C=O) groups is 1. The minimum atomic E-state index is 0.313. The van der Waals surface area contributed by atoms with Crippen LogP contribution in [0.1, 0.15) is 39.5 Å². The highest BCUT2D eigenvalue weighted by molar-refractivity contribution is 5.80. The standard InChI is InChI=1S/C23H44N6O2/c1-3-24-23(25-18-21(2)19-27-14-16-31-17-15-27)29-12-10-26(11-13-29)20-22(30)28-8-6-4-5-7-9-28/h21H,3-20H2,1-2H3,(H,24,25). The van der Waals surface area contributed by atoms with E-state index >= 15 is 0 Å². The van der Waals surface area contributed by atoms with Crippen molar-refractivity contribution in [2.24, 2.45) is 10.9 Å². The number of hydrogen-bond donors (Lipinski definition) is 1. The second-order valence-electron chi connectivity index (χ2n) is 9.27. The summed E-state index contributed by atoms with van der Waals surface area (Å²) in [5.41, 5.74) is 0. The molecule has 0 bridgehead atoms. The highest BCUT2D eigenvalue weighted by atomic mass is 16.5. The highest BCUT2D eigenvalue weighted by Gasteiger charge is 2.24. The molecule has 8 nitrogen and oxygen atoms in total. The molecule has 0 aromatic heterocycles. The molecule has 0 spiro atoms. The fraction of sp³-hybridized carbons (Fsp3) is 0.913. The maximum absolute atomic E-state index is 12.7. The second kappa shape index (κ2) is 13.2. The summed E-state index contributed by atoms with van der Waals surface area (Å²) in [6.45, 7) is 17.1. The quantitative estimate of drug-likeness (QED) is 0.473. The van der Waals surface area contributed by atoms with Crippen LogP contribution in [-0.2, 0) is 9.53 Å². The van der Waals surface area contributed by atoms with Gasteiger partial charge in [0.1, 0.15) is 0 Å². The third-order valence-electron chi connectivity index (χ3n) is 6.55. The van der Waals surface area contributed by atoms with Gasteiger partial charge in [0, 0.05) is 72.0 Å². The summed E-state index contributed by atoms with van der Waals surface area (Å²) in [6, 6.07) is 0. The summed E-state index contributed by atoms with van der Waals surface area (Å²) < 4.78 is 5.45. The second-order valence-corrected chi connectivity index (χ2v) is 9.27. The number of nitrogens with zero attached hydrogens (tertiary/aromatic N) is 5. The fourth-order valence-electron chi connectivity index (χ4n) is 4.68. The lowest BCUT2D eigenvalue weighted by Crippen LogP contribution is -2.54. The molecule has 1 unspecified atom stereocenters. The Balaban J connectivity index is 1.42. The van der Waals surface area contributed by atoms with Gasteiger partial charge in [0.25, 0.3) is 0 Å². The molecule has 178 valence electrons. The van der Waals surface area contributed by atoms with E-state index in [1.54, 1.807) is 0 Å². The van der Waals surface area contributed by atoms with Crippen LogP contribution < -0.4 is 5.32 Å². The van der Waals surface area contributed by atoms with Crippen LogP contribution in [0.5, 0.6) is 0 Å². The summed E-state index contributed by atoms with van der Waals surface area (Å²) in [7, 11) is 0. The molecule has 3 aliphatic rings. The molecule has 0 aliphatic carbocycles. The Kier molecular flexibility index (Phi) is 10.4. The molecule has 1 atom stereocenters. The molecule has 0 radical (unpaired) electrons. The van der Waals surface area contributed by atoms with Crippen LogP contribution in [0.2, 0.25) is 0 Å². The average molecular weight is 437 g/mol. The Morgan fingerprint density at radius 2 is 1.58 bits per heavy atom. The zero-order chi connectivity index (χ0) is 21.9. The van der Waals surface area contributed by atoms with E-state index in [4.69, 9.17) is 9.73 Å². The first-order chi connectivity index (χ1) is 15.2. The van der Waals surface area contributed by atoms with Gasteiger partial charge in [0.2, 0.25) is 5.91 Å². The van der Waals surface area contributed by atoms with Crippen molar-refractivity contribution in [3.05, 3.63) is 0 Å². The third kappa shape index (κ3) is 8.24. The summed E-state index contributed by atoms with van der Waals surface area (Å²) in [5, 5.41) is 3.47. The van der Waals surface area contributed by atoms with E-state index in [2.05, 4.69) is 38.8 Å². The summed E-state index contributed by atoms with van der Waals surface area (Å²) >= 11 is 0. The van der Waals surface area contributed by atoms with Gasteiger partial charge in [-0.1, -0.05) is 19.8 Å². The van der Waals surface area contributed by atoms with Crippen LogP contribution >= 0.6 is 0 Å². The first-order valence-corrected chi connectivity index (χ1v) is 12.5. The number of hydrogen-bond acceptors (Lipinski definition) is 5. The fourth-order valence-corrected chi connectivity index (χ4v) is 4.68. The molecule has 1 N–H and O–H groups in total. The number of rotatable bonds is 7. The van der Waals surface area contributed by atoms with Crippen LogP contribution in [0, 0.1) is 5.92 Å². The van der Waals surface area contributed by atoms with Gasteiger partial charge in [0.05, 0.1) is 19.8 Å². The predicted octanol–water partition coefficient (Wildman–Crippen LogP) is 0.940. The highest BCUT2D eigenvalue weighted by Crippen LogP contribution is 2.11. The topological polar surface area (TPSA) is 63.7 Å². The Morgan fingerprint density at radius 3 is 2.23 bits per heavy atom. The molecular formula is C23H44N6O2. The molecule has 3 heterocycles. The lowest BCUT2D eigenvalue weighted by molar-refractivity contribution is -0.132. The number of ether oxygens (including phenoxy) is 1. The molecule has 3 rings (SSSR count). The minimum Gasteiger partial charge on any atom is -0.379 e. The van der Waals surface area contributed by atoms with Crippen LogP contribution in [0.25, 0.3) is 0 Å². The molecular weight excluding hydrogens is 392 g/mol. The van der Waals surface area contributed by atoms with E-state index in [1.165, 1.54) is 12.8 Å². The van der Waals surface area contributed by atoms with Gasteiger partial charge in [-0.3, -0.25) is 19.6 Å². The van der Waals surface area contributed by atoms with Crippen molar-refractivity contribution >= 4 is 11.9 Å². The van der Waals surface area contributed by atoms with Crippen LogP contribution in [0.3, 0.4) is 0 Å². The first-order valence-electron chi connectivity index (χ1n) is 12.5. The minimum absolute atomic E-state index is 0.313. The van der Waals surface area contributed by atoms with Crippen molar-refractivity contribution in [2.45, 2.75) is 39.5 Å². The molecule has 0 saturated carbocycles. The van der Waals surface area contributed by atoms with Crippen LogP contribution in [0.4, 0.5) is 0 Å². The van der Waals surface area contributed by atoms with Crippen molar-refractivity contribution in [1.82, 2.24) is 24.9 Å². The SMILES string of the molecule is CCNC(=NCC(C)CN1CCOCC1)N1CCN(CC(=O)N2CCCCCC2)CC1. The van der Waals surface area contributed by atoms with Crippen molar-refractivity contribution in [3.63, 3.8) is 0 Å². The largest absolute Gasteiger partial charge is 0.379 e. The Hall–Kier alpha value is -1.38. The van der Waals surface area contributed by atoms with E-state index in [1.807, 2.05) is 0 Å². The van der Waals surface area contributed by atoms with Gasteiger partial charge in [-0.25, -0.2) is 0 Å². The molecule has 0 aromatic rings. The number of morpholine rings is 1. The first kappa shape index (κ1) is 24.3. The van der Waals surface area contributed by atoms with Gasteiger partial charge >= 0.3 is 0 Å². The number of carbonyl (C=O) groups excluding carboxylic acids is 1. The summed E-state index contributed by atoms with van der Waals surface area (Å²) in [5.74, 6) is 1.86. The number of aliphatic imine (C=N–C) groups is 1. The monoisotopic (exact) mass is 436 g/mol. The van der Waals surface area contributed by atoms with Crippen LogP contribution in [-0.4, -0.2) is 123 Å². The van der Waals surface area contributed by atoms with Gasteiger partial charge in [-0.05, 0) is 25.7 Å². The van der Waals surface area contributed by atoms with E-state index in [-0.39, 0.29) is 0 Å². The maximum atomic E-state index is 12.7. The van der Waals surface area contributed by atoms with Crippen molar-refractivity contribution in [2.75, 3.05) is 91.8 Å². The normalized spacial score (nSPS) is 23.5. The number of likely N-dealkylation sites (tertiary alicyclic amines) is 1. The predicted molar refractivity (Wildman–Crippen MR) is 125 cm³/mol. The summed E-state index contributed by atoms with van der Waals surface area (Å²) in [4.78, 5) is 26.9. The van der Waals surface area contributed by atoms with Gasteiger partial charge in [0.15, 0.2) is 5.96 Å². The maximum Gasteiger partial charge on any atom is 0.236 e. The van der Waals surface area contributed by atoms with Gasteiger partial charge in [-0.2, -0.15) is 0 Å². The molecule has 1 amide bonds. The van der Waals surface area contributed by atoms with E-state index in [9.17, 15) is 4.79 Å². The number of nitrogens with one attached hydrogen (secondary N) is 1. The van der Waals surface area contributed by atoms with Crippen molar-refractivity contribution in [1.29, 1.82) is 0 Å². The molecule has 3 saturated heterocycles. The number of piperazine rings is 1. The van der Waals surface area contributed by atoms with Crippen molar-refractivity contribution in [3.8, 4) is 0 Å². The number of guanidine groups is 1. The number of amides is 1. The lowest BCUT2D eigenvalue weighted by atomic mass is 10.1. The van der Waals surface area contributed by atoms with Crippen LogP contribution in [0.15, 0.2) is 4.99 Å². The summed E-state index contributed by atoms with van der Waals surface area (Å²) in [6.07, 6.45) is 4.85. The Labute approximate surface area is 189 Å². The molecule has 3 fully saturated rings. The zero-order valence-electron chi connectivity index (χ0n) is 19.9. The molecule has 0 aromatic carbocycles. The smallest absolute Gasteiger partial charge is 0.236 e. The van der Waals surface area contributed by atoms with E-state index in [0.29, 0.717) is 18.4 Å². The van der Waals surface area contributed by atoms with Gasteiger partial charge in [-0.15, -0.1) is 0 Å². The van der Waals surface area contributed by atoms with E-state index in [0.717, 1.165) is 104 Å². The Morgan fingerprint density at radius 1 is 0.903 bits per heavy atom. The third-order valence-corrected chi connectivity index (χ3v) is 6.55. The Bertz CT molecular complexity index is 550. The molecule has 3 aliphatic heterocycles. The molecule has 31 heavy (non-hydrogen) atoms. The average Bonchev–Trinajstić information content (AvgIpc) is 3.08. The van der Waals surface area contributed by atoms with Gasteiger partial charge < -0.3 is 19.9 Å². The zero-order valence-corrected chi connectivity index (χ0v) is 19.9. The molecule has 8 heteroatoms. The van der Waals surface area contributed by atoms with Crippen molar-refractivity contribution < 1.29 is 9.53 Å². The van der Waals surface area contributed by atoms with E-state index < -0.39 is 0 Å². The lowest BCUT2D eigenvalue weighted by Gasteiger charge is -2.37.